The van der Waals surface area contributed by atoms with Crippen molar-refractivity contribution in [2.45, 2.75) is 26.4 Å². The number of hydrazine groups is 1. The second-order valence-electron chi connectivity index (χ2n) is 5.33. The summed E-state index contributed by atoms with van der Waals surface area (Å²) in [5, 5.41) is 13.4. The van der Waals surface area contributed by atoms with E-state index in [0.717, 1.165) is 5.56 Å². The molecule has 0 saturated heterocycles. The maximum Gasteiger partial charge on any atom is 0.148 e. The maximum absolute atomic E-state index is 10.2. The van der Waals surface area contributed by atoms with Crippen LogP contribution < -0.4 is 16.6 Å². The number of aliphatic hydroxyl groups is 1. The van der Waals surface area contributed by atoms with Gasteiger partial charge in [-0.1, -0.05) is 0 Å². The number of aromatic nitrogens is 2. The fraction of sp³-hybridized carbons (Fsp3) is 0.667. The normalized spacial score (nSPS) is 14.3. The number of anilines is 2. The van der Waals surface area contributed by atoms with Crippen LogP contribution in [0.5, 0.6) is 0 Å². The van der Waals surface area contributed by atoms with Crippen molar-refractivity contribution in [1.29, 1.82) is 0 Å². The molecule has 0 aromatic carbocycles. The predicted octanol–water partition coefficient (Wildman–Crippen LogP) is 0.104. The number of likely N-dealkylation sites (N-methyl/N-ethyl adjacent to an activating group) is 1. The van der Waals surface area contributed by atoms with Gasteiger partial charge in [0.2, 0.25) is 0 Å². The fourth-order valence-electron chi connectivity index (χ4n) is 1.95. The van der Waals surface area contributed by atoms with Crippen LogP contribution in [-0.4, -0.2) is 52.8 Å². The molecule has 1 unspecified atom stereocenters. The monoisotopic (exact) mass is 268 g/mol. The Hall–Kier alpha value is -1.44. The van der Waals surface area contributed by atoms with E-state index in [1.165, 1.54) is 0 Å². The van der Waals surface area contributed by atoms with Crippen LogP contribution in [0, 0.1) is 13.8 Å². The maximum atomic E-state index is 10.2. The molecule has 0 aliphatic carbocycles. The van der Waals surface area contributed by atoms with Crippen LogP contribution in [0.25, 0.3) is 0 Å². The molecule has 0 amide bonds. The summed E-state index contributed by atoms with van der Waals surface area (Å²) in [5.74, 6) is 7.30. The van der Waals surface area contributed by atoms with E-state index in [0.29, 0.717) is 30.5 Å². The number of nitrogens with two attached hydrogens (primary N) is 1. The Morgan fingerprint density at radius 2 is 1.84 bits per heavy atom. The summed E-state index contributed by atoms with van der Waals surface area (Å²) in [6, 6.07) is 0. The Bertz CT molecular complexity index is 432. The number of rotatable bonds is 6. The van der Waals surface area contributed by atoms with Gasteiger partial charge < -0.3 is 20.7 Å². The SMILES string of the molecule is Cc1nc(NN)c(C)c(NCC(C)(O)CN(C)C)n1. The summed E-state index contributed by atoms with van der Waals surface area (Å²) in [5.41, 5.74) is 2.53. The Morgan fingerprint density at radius 1 is 1.26 bits per heavy atom. The van der Waals surface area contributed by atoms with Crippen molar-refractivity contribution in [3.8, 4) is 0 Å². The van der Waals surface area contributed by atoms with Crippen molar-refractivity contribution in [3.63, 3.8) is 0 Å². The molecule has 1 heterocycles. The van der Waals surface area contributed by atoms with Crippen LogP contribution in [0.2, 0.25) is 0 Å². The molecular formula is C12H24N6O. The number of aryl methyl sites for hydroxylation is 1. The highest BCUT2D eigenvalue weighted by atomic mass is 16.3. The van der Waals surface area contributed by atoms with Gasteiger partial charge >= 0.3 is 0 Å². The minimum absolute atomic E-state index is 0.395. The Morgan fingerprint density at radius 3 is 2.37 bits per heavy atom. The van der Waals surface area contributed by atoms with Gasteiger partial charge in [0.25, 0.3) is 0 Å². The van der Waals surface area contributed by atoms with Crippen molar-refractivity contribution in [2.24, 2.45) is 5.84 Å². The minimum Gasteiger partial charge on any atom is -0.387 e. The second-order valence-corrected chi connectivity index (χ2v) is 5.33. The number of hydrogen-bond donors (Lipinski definition) is 4. The molecule has 1 atom stereocenters. The van der Waals surface area contributed by atoms with Gasteiger partial charge in [0, 0.05) is 18.7 Å². The van der Waals surface area contributed by atoms with Crippen LogP contribution in [0.3, 0.4) is 0 Å². The Labute approximate surface area is 114 Å². The van der Waals surface area contributed by atoms with E-state index >= 15 is 0 Å². The van der Waals surface area contributed by atoms with Gasteiger partial charge in [-0.25, -0.2) is 15.8 Å². The Balaban J connectivity index is 2.80. The molecule has 19 heavy (non-hydrogen) atoms. The smallest absolute Gasteiger partial charge is 0.148 e. The first-order valence-corrected chi connectivity index (χ1v) is 6.18. The highest BCUT2D eigenvalue weighted by Crippen LogP contribution is 2.19. The molecule has 108 valence electrons. The summed E-state index contributed by atoms with van der Waals surface area (Å²) < 4.78 is 0. The molecule has 0 radical (unpaired) electrons. The molecule has 0 fully saturated rings. The van der Waals surface area contributed by atoms with E-state index in [1.807, 2.05) is 25.9 Å². The number of nitrogens with one attached hydrogen (secondary N) is 2. The zero-order valence-electron chi connectivity index (χ0n) is 12.3. The molecule has 1 aromatic rings. The summed E-state index contributed by atoms with van der Waals surface area (Å²) in [6.45, 7) is 6.41. The molecular weight excluding hydrogens is 244 g/mol. The van der Waals surface area contributed by atoms with Crippen molar-refractivity contribution in [1.82, 2.24) is 14.9 Å². The average Bonchev–Trinajstić information content (AvgIpc) is 2.28. The van der Waals surface area contributed by atoms with Gasteiger partial charge in [-0.15, -0.1) is 0 Å². The first-order valence-electron chi connectivity index (χ1n) is 6.18. The minimum atomic E-state index is -0.842. The van der Waals surface area contributed by atoms with E-state index in [1.54, 1.807) is 13.8 Å². The van der Waals surface area contributed by atoms with Crippen molar-refractivity contribution >= 4 is 11.6 Å². The topological polar surface area (TPSA) is 99.3 Å². The first kappa shape index (κ1) is 15.6. The molecule has 0 bridgehead atoms. The number of nitrogens with zero attached hydrogens (tertiary/aromatic N) is 3. The highest BCUT2D eigenvalue weighted by Gasteiger charge is 2.22. The van der Waals surface area contributed by atoms with E-state index in [2.05, 4.69) is 20.7 Å². The third-order valence-corrected chi connectivity index (χ3v) is 2.69. The van der Waals surface area contributed by atoms with Gasteiger partial charge in [0.1, 0.15) is 17.5 Å². The lowest BCUT2D eigenvalue weighted by Gasteiger charge is -2.27. The van der Waals surface area contributed by atoms with Crippen molar-refractivity contribution < 1.29 is 5.11 Å². The van der Waals surface area contributed by atoms with Gasteiger partial charge in [-0.05, 0) is 34.9 Å². The second kappa shape index (κ2) is 6.14. The largest absolute Gasteiger partial charge is 0.387 e. The van der Waals surface area contributed by atoms with E-state index in [9.17, 15) is 5.11 Å². The molecule has 0 saturated carbocycles. The molecule has 1 rings (SSSR count). The van der Waals surface area contributed by atoms with Gasteiger partial charge in [0.05, 0.1) is 5.60 Å². The van der Waals surface area contributed by atoms with E-state index < -0.39 is 5.60 Å². The fourth-order valence-corrected chi connectivity index (χ4v) is 1.95. The molecule has 1 aromatic heterocycles. The predicted molar refractivity (Wildman–Crippen MR) is 77.0 cm³/mol. The van der Waals surface area contributed by atoms with Gasteiger partial charge in [0.15, 0.2) is 0 Å². The van der Waals surface area contributed by atoms with Crippen LogP contribution in [-0.2, 0) is 0 Å². The van der Waals surface area contributed by atoms with E-state index in [4.69, 9.17) is 5.84 Å². The molecule has 0 spiro atoms. The molecule has 5 N–H and O–H groups in total. The summed E-state index contributed by atoms with van der Waals surface area (Å²) >= 11 is 0. The first-order chi connectivity index (χ1) is 8.75. The van der Waals surface area contributed by atoms with Gasteiger partial charge in [-0.2, -0.15) is 0 Å². The van der Waals surface area contributed by atoms with Crippen LogP contribution in [0.15, 0.2) is 0 Å². The third-order valence-electron chi connectivity index (χ3n) is 2.69. The standard InChI is InChI=1S/C12H24N6O/c1-8-10(15-9(2)16-11(8)17-13)14-6-12(3,19)7-18(4)5/h19H,6-7,13H2,1-5H3,(H2,14,15,16,17). The summed E-state index contributed by atoms with van der Waals surface area (Å²) in [4.78, 5) is 10.4. The zero-order valence-corrected chi connectivity index (χ0v) is 12.3. The lowest BCUT2D eigenvalue weighted by Crippen LogP contribution is -2.43. The van der Waals surface area contributed by atoms with Crippen LogP contribution in [0.1, 0.15) is 18.3 Å². The number of hydrogen-bond acceptors (Lipinski definition) is 7. The average molecular weight is 268 g/mol. The van der Waals surface area contributed by atoms with Crippen molar-refractivity contribution in [3.05, 3.63) is 11.4 Å². The molecule has 7 heteroatoms. The Kier molecular flexibility index (Phi) is 5.04. The lowest BCUT2D eigenvalue weighted by molar-refractivity contribution is 0.0459. The number of nitrogen functional groups attached to an aromatic ring is 1. The van der Waals surface area contributed by atoms with Gasteiger partial charge in [-0.3, -0.25) is 0 Å². The summed E-state index contributed by atoms with van der Waals surface area (Å²) in [7, 11) is 3.84. The lowest BCUT2D eigenvalue weighted by atomic mass is 10.1. The van der Waals surface area contributed by atoms with Crippen molar-refractivity contribution in [2.75, 3.05) is 37.9 Å². The van der Waals surface area contributed by atoms with Crippen LogP contribution >= 0.6 is 0 Å². The third kappa shape index (κ3) is 4.62. The quantitative estimate of drug-likeness (QED) is 0.429. The highest BCUT2D eigenvalue weighted by molar-refractivity contribution is 5.56. The zero-order chi connectivity index (χ0) is 14.6. The summed E-state index contributed by atoms with van der Waals surface area (Å²) in [6.07, 6.45) is 0. The van der Waals surface area contributed by atoms with Crippen LogP contribution in [0.4, 0.5) is 11.6 Å². The molecule has 0 aliphatic rings. The molecule has 0 aliphatic heterocycles. The van der Waals surface area contributed by atoms with E-state index in [-0.39, 0.29) is 0 Å². The molecule has 7 nitrogen and oxygen atoms in total.